The monoisotopic (exact) mass is 280 g/mol. The van der Waals surface area contributed by atoms with E-state index in [9.17, 15) is 10.1 Å². The highest BCUT2D eigenvalue weighted by Crippen LogP contribution is 2.34. The predicted molar refractivity (Wildman–Crippen MR) is 82.2 cm³/mol. The minimum absolute atomic E-state index is 0.0799. The maximum Gasteiger partial charge on any atom is 0.165 e. The van der Waals surface area contributed by atoms with Crippen molar-refractivity contribution >= 4 is 17.2 Å². The van der Waals surface area contributed by atoms with Crippen LogP contribution in [-0.2, 0) is 0 Å². The van der Waals surface area contributed by atoms with E-state index in [4.69, 9.17) is 4.74 Å². The molecule has 0 aliphatic heterocycles. The van der Waals surface area contributed by atoms with Crippen molar-refractivity contribution in [2.24, 2.45) is 0 Å². The molecule has 0 fully saturated rings. The average Bonchev–Trinajstić information content (AvgIpc) is 2.53. The van der Waals surface area contributed by atoms with Gasteiger partial charge < -0.3 is 9.64 Å². The number of anilines is 2. The lowest BCUT2D eigenvalue weighted by Crippen LogP contribution is -2.15. The van der Waals surface area contributed by atoms with Crippen molar-refractivity contribution in [3.05, 3.63) is 53.6 Å². The second kappa shape index (κ2) is 6.10. The number of ketones is 1. The summed E-state index contributed by atoms with van der Waals surface area (Å²) in [6.07, 6.45) is 0. The van der Waals surface area contributed by atoms with Gasteiger partial charge >= 0.3 is 0 Å². The number of para-hydroxylation sites is 1. The molecule has 0 N–H and O–H groups in total. The van der Waals surface area contributed by atoms with Crippen LogP contribution >= 0.6 is 0 Å². The summed E-state index contributed by atoms with van der Waals surface area (Å²) < 4.78 is 5.28. The van der Waals surface area contributed by atoms with Gasteiger partial charge in [-0.1, -0.05) is 18.2 Å². The van der Waals surface area contributed by atoms with E-state index >= 15 is 0 Å². The van der Waals surface area contributed by atoms with Gasteiger partial charge in [-0.2, -0.15) is 5.26 Å². The lowest BCUT2D eigenvalue weighted by molar-refractivity contribution is 0.101. The number of Topliss-reactive ketones (excluding diaryl/α,β-unsaturated/α-hetero) is 1. The first kappa shape index (κ1) is 14.6. The number of rotatable bonds is 4. The Balaban J connectivity index is 2.61. The van der Waals surface area contributed by atoms with Crippen molar-refractivity contribution in [3.8, 4) is 11.8 Å². The molecule has 0 atom stereocenters. The Bertz CT molecular complexity index is 717. The Labute approximate surface area is 124 Å². The summed E-state index contributed by atoms with van der Waals surface area (Å²) >= 11 is 0. The van der Waals surface area contributed by atoms with Gasteiger partial charge in [-0.25, -0.2) is 0 Å². The third kappa shape index (κ3) is 2.72. The third-order valence-corrected chi connectivity index (χ3v) is 3.32. The molecule has 0 saturated carbocycles. The number of nitrogens with zero attached hydrogens (tertiary/aromatic N) is 2. The van der Waals surface area contributed by atoms with Crippen LogP contribution in [0.1, 0.15) is 22.8 Å². The first-order valence-electron chi connectivity index (χ1n) is 6.51. The van der Waals surface area contributed by atoms with Gasteiger partial charge in [0.15, 0.2) is 5.78 Å². The molecule has 4 heteroatoms. The Kier molecular flexibility index (Phi) is 4.24. The molecule has 0 unspecified atom stereocenters. The number of benzene rings is 2. The van der Waals surface area contributed by atoms with Crippen LogP contribution in [0, 0.1) is 11.3 Å². The van der Waals surface area contributed by atoms with Crippen LogP contribution in [0.2, 0.25) is 0 Å². The largest absolute Gasteiger partial charge is 0.496 e. The zero-order valence-electron chi connectivity index (χ0n) is 12.3. The van der Waals surface area contributed by atoms with Crippen molar-refractivity contribution in [1.29, 1.82) is 5.26 Å². The molecule has 0 heterocycles. The second-order valence-electron chi connectivity index (χ2n) is 4.60. The molecule has 0 radical (unpaired) electrons. The normalized spacial score (nSPS) is 9.81. The van der Waals surface area contributed by atoms with E-state index in [2.05, 4.69) is 6.07 Å². The van der Waals surface area contributed by atoms with Crippen LogP contribution in [0.5, 0.6) is 5.75 Å². The molecule has 21 heavy (non-hydrogen) atoms. The van der Waals surface area contributed by atoms with Gasteiger partial charge in [0.2, 0.25) is 0 Å². The third-order valence-electron chi connectivity index (χ3n) is 3.32. The van der Waals surface area contributed by atoms with Gasteiger partial charge in [-0.15, -0.1) is 0 Å². The van der Waals surface area contributed by atoms with Crippen LogP contribution in [0.25, 0.3) is 0 Å². The minimum atomic E-state index is -0.0799. The van der Waals surface area contributed by atoms with Crippen LogP contribution in [0.15, 0.2) is 42.5 Å². The molecule has 106 valence electrons. The number of nitriles is 1. The van der Waals surface area contributed by atoms with Gasteiger partial charge in [0.25, 0.3) is 0 Å². The zero-order chi connectivity index (χ0) is 15.4. The molecule has 0 aliphatic carbocycles. The van der Waals surface area contributed by atoms with Crippen molar-refractivity contribution < 1.29 is 9.53 Å². The van der Waals surface area contributed by atoms with E-state index in [-0.39, 0.29) is 5.78 Å². The quantitative estimate of drug-likeness (QED) is 0.804. The maximum absolute atomic E-state index is 12.0. The van der Waals surface area contributed by atoms with Crippen LogP contribution < -0.4 is 9.64 Å². The summed E-state index contributed by atoms with van der Waals surface area (Å²) in [5, 5.41) is 9.23. The minimum Gasteiger partial charge on any atom is -0.496 e. The van der Waals surface area contributed by atoms with Gasteiger partial charge in [0.1, 0.15) is 11.8 Å². The highest BCUT2D eigenvalue weighted by Gasteiger charge is 2.18. The lowest BCUT2D eigenvalue weighted by Gasteiger charge is -2.23. The molecule has 0 amide bonds. The molecule has 0 bridgehead atoms. The molecule has 2 rings (SSSR count). The van der Waals surface area contributed by atoms with E-state index in [1.807, 2.05) is 42.3 Å². The molecule has 4 nitrogen and oxygen atoms in total. The summed E-state index contributed by atoms with van der Waals surface area (Å²) in [5.74, 6) is 0.449. The van der Waals surface area contributed by atoms with Gasteiger partial charge in [0.05, 0.1) is 29.6 Å². The smallest absolute Gasteiger partial charge is 0.165 e. The summed E-state index contributed by atoms with van der Waals surface area (Å²) in [7, 11) is 3.37. The number of carbonyl (C=O) groups is 1. The van der Waals surface area contributed by atoms with Gasteiger partial charge in [-0.3, -0.25) is 4.79 Å². The number of hydrogen-bond acceptors (Lipinski definition) is 4. The van der Waals surface area contributed by atoms with Gasteiger partial charge in [0, 0.05) is 7.05 Å². The predicted octanol–water partition coefficient (Wildman–Crippen LogP) is 3.54. The number of methoxy groups -OCH3 is 1. The van der Waals surface area contributed by atoms with E-state index in [1.54, 1.807) is 12.1 Å². The molecular weight excluding hydrogens is 264 g/mol. The molecule has 0 aromatic heterocycles. The van der Waals surface area contributed by atoms with E-state index in [0.717, 1.165) is 5.69 Å². The fourth-order valence-corrected chi connectivity index (χ4v) is 2.31. The first-order chi connectivity index (χ1) is 10.1. The number of hydrogen-bond donors (Lipinski definition) is 0. The van der Waals surface area contributed by atoms with E-state index in [1.165, 1.54) is 14.0 Å². The highest BCUT2D eigenvalue weighted by atomic mass is 16.5. The molecule has 0 aliphatic rings. The highest BCUT2D eigenvalue weighted by molar-refractivity contribution is 6.03. The summed E-state index contributed by atoms with van der Waals surface area (Å²) in [5.41, 5.74) is 2.52. The van der Waals surface area contributed by atoms with Crippen LogP contribution in [0.3, 0.4) is 0 Å². The zero-order valence-corrected chi connectivity index (χ0v) is 12.3. The maximum atomic E-state index is 12.0. The average molecular weight is 280 g/mol. The van der Waals surface area contributed by atoms with E-state index in [0.29, 0.717) is 22.6 Å². The fraction of sp³-hybridized carbons (Fsp3) is 0.176. The Morgan fingerprint density at radius 1 is 1.14 bits per heavy atom. The Morgan fingerprint density at radius 3 is 2.43 bits per heavy atom. The van der Waals surface area contributed by atoms with Crippen molar-refractivity contribution in [1.82, 2.24) is 0 Å². The Morgan fingerprint density at radius 2 is 1.81 bits per heavy atom. The lowest BCUT2D eigenvalue weighted by atomic mass is 10.1. The Hall–Kier alpha value is -2.80. The van der Waals surface area contributed by atoms with Crippen LogP contribution in [0.4, 0.5) is 11.4 Å². The molecule has 0 saturated heterocycles. The fourth-order valence-electron chi connectivity index (χ4n) is 2.31. The summed E-state index contributed by atoms with van der Waals surface area (Å²) in [6, 6.07) is 14.9. The SMILES string of the molecule is COc1cccc(N(C)c2ccccc2C#N)c1C(C)=O. The van der Waals surface area contributed by atoms with Gasteiger partial charge in [-0.05, 0) is 31.2 Å². The van der Waals surface area contributed by atoms with Crippen molar-refractivity contribution in [2.75, 3.05) is 19.1 Å². The van der Waals surface area contributed by atoms with Crippen molar-refractivity contribution in [2.45, 2.75) is 6.92 Å². The first-order valence-corrected chi connectivity index (χ1v) is 6.51. The standard InChI is InChI=1S/C17H16N2O2/c1-12(20)17-15(9-6-10-16(17)21-3)19(2)14-8-5-4-7-13(14)11-18/h4-10H,1-3H3. The molecule has 0 spiro atoms. The molecule has 2 aromatic rings. The summed E-state index contributed by atoms with van der Waals surface area (Å²) in [6.45, 7) is 1.51. The van der Waals surface area contributed by atoms with E-state index < -0.39 is 0 Å². The summed E-state index contributed by atoms with van der Waals surface area (Å²) in [4.78, 5) is 13.8. The number of ether oxygens (including phenoxy) is 1. The second-order valence-corrected chi connectivity index (χ2v) is 4.60. The van der Waals surface area contributed by atoms with Crippen molar-refractivity contribution in [3.63, 3.8) is 0 Å². The molecular formula is C17H16N2O2. The molecule has 2 aromatic carbocycles. The van der Waals surface area contributed by atoms with Crippen LogP contribution in [-0.4, -0.2) is 19.9 Å². The number of carbonyl (C=O) groups excluding carboxylic acids is 1. The topological polar surface area (TPSA) is 53.3 Å².